The van der Waals surface area contributed by atoms with Crippen molar-refractivity contribution in [1.82, 2.24) is 4.90 Å². The maximum absolute atomic E-state index is 11.7. The van der Waals surface area contributed by atoms with Gasteiger partial charge in [-0.1, -0.05) is 31.9 Å². The Morgan fingerprint density at radius 3 is 2.50 bits per heavy atom. The lowest BCUT2D eigenvalue weighted by Gasteiger charge is -2.13. The summed E-state index contributed by atoms with van der Waals surface area (Å²) in [5.41, 5.74) is 0. The van der Waals surface area contributed by atoms with E-state index in [-0.39, 0.29) is 0 Å². The van der Waals surface area contributed by atoms with Gasteiger partial charge in [-0.3, -0.25) is 4.79 Å². The molecule has 0 N–H and O–H groups in total. The van der Waals surface area contributed by atoms with Gasteiger partial charge in [0.2, 0.25) is 5.91 Å². The SMILES string of the molecule is CCCCC/C=C\CCC(=O)N1CCCC1. The van der Waals surface area contributed by atoms with Gasteiger partial charge >= 0.3 is 0 Å². The van der Waals surface area contributed by atoms with Crippen molar-refractivity contribution in [3.8, 4) is 0 Å². The van der Waals surface area contributed by atoms with Crippen LogP contribution in [0.2, 0.25) is 0 Å². The van der Waals surface area contributed by atoms with E-state index in [9.17, 15) is 4.79 Å². The highest BCUT2D eigenvalue weighted by molar-refractivity contribution is 5.76. The molecule has 0 aliphatic carbocycles. The van der Waals surface area contributed by atoms with Crippen LogP contribution in [-0.2, 0) is 4.79 Å². The van der Waals surface area contributed by atoms with Gasteiger partial charge in [-0.15, -0.1) is 0 Å². The second-order valence-corrected chi connectivity index (χ2v) is 4.59. The van der Waals surface area contributed by atoms with Gasteiger partial charge in [-0.05, 0) is 32.1 Å². The largest absolute Gasteiger partial charge is 0.343 e. The van der Waals surface area contributed by atoms with Gasteiger partial charge in [0.15, 0.2) is 0 Å². The summed E-state index contributed by atoms with van der Waals surface area (Å²) in [5, 5.41) is 0. The minimum Gasteiger partial charge on any atom is -0.343 e. The van der Waals surface area contributed by atoms with Crippen LogP contribution in [0.5, 0.6) is 0 Å². The fourth-order valence-corrected chi connectivity index (χ4v) is 2.08. The highest BCUT2D eigenvalue weighted by Crippen LogP contribution is 2.10. The van der Waals surface area contributed by atoms with Gasteiger partial charge in [0.25, 0.3) is 0 Å². The van der Waals surface area contributed by atoms with Crippen molar-refractivity contribution in [2.45, 2.75) is 58.3 Å². The molecule has 0 atom stereocenters. The minimum absolute atomic E-state index is 0.343. The third-order valence-corrected chi connectivity index (χ3v) is 3.12. The summed E-state index contributed by atoms with van der Waals surface area (Å²) in [6, 6.07) is 0. The van der Waals surface area contributed by atoms with Crippen molar-refractivity contribution in [3.63, 3.8) is 0 Å². The molecule has 1 aliphatic heterocycles. The predicted octanol–water partition coefficient (Wildman–Crippen LogP) is 3.53. The zero-order valence-electron chi connectivity index (χ0n) is 10.6. The third kappa shape index (κ3) is 5.34. The predicted molar refractivity (Wildman–Crippen MR) is 68.3 cm³/mol. The first-order chi connectivity index (χ1) is 7.84. The zero-order valence-corrected chi connectivity index (χ0v) is 10.6. The van der Waals surface area contributed by atoms with Crippen molar-refractivity contribution in [2.24, 2.45) is 0 Å². The van der Waals surface area contributed by atoms with Gasteiger partial charge in [-0.2, -0.15) is 0 Å². The number of hydrogen-bond acceptors (Lipinski definition) is 1. The van der Waals surface area contributed by atoms with Crippen molar-refractivity contribution in [1.29, 1.82) is 0 Å². The maximum Gasteiger partial charge on any atom is 0.222 e. The molecule has 0 spiro atoms. The van der Waals surface area contributed by atoms with Crippen LogP contribution in [0.15, 0.2) is 12.2 Å². The second-order valence-electron chi connectivity index (χ2n) is 4.59. The van der Waals surface area contributed by atoms with Crippen molar-refractivity contribution in [3.05, 3.63) is 12.2 Å². The lowest BCUT2D eigenvalue weighted by molar-refractivity contribution is -0.130. The fourth-order valence-electron chi connectivity index (χ4n) is 2.08. The van der Waals surface area contributed by atoms with Crippen LogP contribution in [0, 0.1) is 0 Å². The Morgan fingerprint density at radius 2 is 1.81 bits per heavy atom. The van der Waals surface area contributed by atoms with Crippen LogP contribution in [0.3, 0.4) is 0 Å². The molecule has 0 aromatic rings. The molecule has 0 unspecified atom stereocenters. The Labute approximate surface area is 99.7 Å². The molecule has 1 rings (SSSR count). The molecular weight excluding hydrogens is 198 g/mol. The van der Waals surface area contributed by atoms with E-state index in [0.29, 0.717) is 12.3 Å². The van der Waals surface area contributed by atoms with Crippen LogP contribution in [0.4, 0.5) is 0 Å². The first-order valence-corrected chi connectivity index (χ1v) is 6.77. The van der Waals surface area contributed by atoms with E-state index in [4.69, 9.17) is 0 Å². The fraction of sp³-hybridized carbons (Fsp3) is 0.786. The number of carbonyl (C=O) groups is 1. The Morgan fingerprint density at radius 1 is 1.12 bits per heavy atom. The Hall–Kier alpha value is -0.790. The summed E-state index contributed by atoms with van der Waals surface area (Å²) in [6.45, 7) is 4.19. The van der Waals surface area contributed by atoms with Crippen LogP contribution in [0.1, 0.15) is 58.3 Å². The molecule has 1 saturated heterocycles. The summed E-state index contributed by atoms with van der Waals surface area (Å²) in [5.74, 6) is 0.343. The molecule has 0 aromatic heterocycles. The number of unbranched alkanes of at least 4 members (excludes halogenated alkanes) is 3. The molecule has 0 saturated carbocycles. The summed E-state index contributed by atoms with van der Waals surface area (Å²) in [6.07, 6.45) is 13.5. The third-order valence-electron chi connectivity index (χ3n) is 3.12. The van der Waals surface area contributed by atoms with Gasteiger partial charge in [0.05, 0.1) is 0 Å². The molecule has 92 valence electrons. The first-order valence-electron chi connectivity index (χ1n) is 6.77. The van der Waals surface area contributed by atoms with E-state index in [1.54, 1.807) is 0 Å². The van der Waals surface area contributed by atoms with Crippen LogP contribution >= 0.6 is 0 Å². The van der Waals surface area contributed by atoms with Crippen molar-refractivity contribution >= 4 is 5.91 Å². The molecule has 2 nitrogen and oxygen atoms in total. The molecule has 1 heterocycles. The maximum atomic E-state index is 11.7. The highest BCUT2D eigenvalue weighted by atomic mass is 16.2. The van der Waals surface area contributed by atoms with Crippen LogP contribution in [-0.4, -0.2) is 23.9 Å². The van der Waals surface area contributed by atoms with E-state index in [2.05, 4.69) is 19.1 Å². The summed E-state index contributed by atoms with van der Waals surface area (Å²) >= 11 is 0. The van der Waals surface area contributed by atoms with E-state index in [1.807, 2.05) is 4.90 Å². The molecular formula is C14H25NO. The number of carbonyl (C=O) groups excluding carboxylic acids is 1. The average Bonchev–Trinajstić information content (AvgIpc) is 2.81. The summed E-state index contributed by atoms with van der Waals surface area (Å²) in [4.78, 5) is 13.7. The quantitative estimate of drug-likeness (QED) is 0.477. The normalized spacial score (nSPS) is 16.2. The summed E-state index contributed by atoms with van der Waals surface area (Å²) < 4.78 is 0. The van der Waals surface area contributed by atoms with E-state index in [0.717, 1.165) is 19.5 Å². The molecule has 0 radical (unpaired) electrons. The number of allylic oxidation sites excluding steroid dienone is 2. The van der Waals surface area contributed by atoms with Gasteiger partial charge in [0, 0.05) is 19.5 Å². The monoisotopic (exact) mass is 223 g/mol. The molecule has 1 amide bonds. The average molecular weight is 223 g/mol. The van der Waals surface area contributed by atoms with E-state index < -0.39 is 0 Å². The van der Waals surface area contributed by atoms with Gasteiger partial charge in [0.1, 0.15) is 0 Å². The standard InChI is InChI=1S/C14H25NO/c1-2-3-4-5-6-7-8-11-14(16)15-12-9-10-13-15/h6-7H,2-5,8-13H2,1H3/b7-6-. The molecule has 16 heavy (non-hydrogen) atoms. The number of likely N-dealkylation sites (tertiary alicyclic amines) is 1. The topological polar surface area (TPSA) is 20.3 Å². The smallest absolute Gasteiger partial charge is 0.222 e. The minimum atomic E-state index is 0.343. The van der Waals surface area contributed by atoms with Gasteiger partial charge in [-0.25, -0.2) is 0 Å². The van der Waals surface area contributed by atoms with Crippen LogP contribution < -0.4 is 0 Å². The second kappa shape index (κ2) is 8.37. The molecule has 1 fully saturated rings. The zero-order chi connectivity index (χ0) is 11.6. The number of amides is 1. The Bertz CT molecular complexity index is 217. The Balaban J connectivity index is 1.99. The van der Waals surface area contributed by atoms with Crippen molar-refractivity contribution in [2.75, 3.05) is 13.1 Å². The highest BCUT2D eigenvalue weighted by Gasteiger charge is 2.16. The molecule has 0 aromatic carbocycles. The molecule has 2 heteroatoms. The lowest BCUT2D eigenvalue weighted by Crippen LogP contribution is -2.27. The van der Waals surface area contributed by atoms with E-state index in [1.165, 1.54) is 38.5 Å². The molecule has 0 bridgehead atoms. The summed E-state index contributed by atoms with van der Waals surface area (Å²) in [7, 11) is 0. The first kappa shape index (κ1) is 13.3. The van der Waals surface area contributed by atoms with Crippen LogP contribution in [0.25, 0.3) is 0 Å². The van der Waals surface area contributed by atoms with Crippen molar-refractivity contribution < 1.29 is 4.79 Å². The number of rotatable bonds is 7. The Kier molecular flexibility index (Phi) is 6.95. The van der Waals surface area contributed by atoms with E-state index >= 15 is 0 Å². The van der Waals surface area contributed by atoms with Gasteiger partial charge < -0.3 is 4.90 Å². The lowest BCUT2D eigenvalue weighted by atomic mass is 10.2. The molecule has 1 aliphatic rings. The number of nitrogens with zero attached hydrogens (tertiary/aromatic N) is 1. The number of hydrogen-bond donors (Lipinski definition) is 0.